The lowest BCUT2D eigenvalue weighted by atomic mass is 9.93. The predicted octanol–water partition coefficient (Wildman–Crippen LogP) is 4.41. The first-order valence-corrected chi connectivity index (χ1v) is 12.0. The molecule has 34 heavy (non-hydrogen) atoms. The van der Waals surface area contributed by atoms with Gasteiger partial charge in [0, 0.05) is 19.0 Å². The summed E-state index contributed by atoms with van der Waals surface area (Å²) in [4.78, 5) is 38.6. The number of carbonyl (C=O) groups is 3. The topological polar surface area (TPSA) is 95.9 Å². The van der Waals surface area contributed by atoms with Crippen LogP contribution in [0.5, 0.6) is 0 Å². The summed E-state index contributed by atoms with van der Waals surface area (Å²) in [6, 6.07) is 15.0. The van der Waals surface area contributed by atoms with Crippen LogP contribution in [0.3, 0.4) is 0 Å². The molecule has 2 aliphatic carbocycles. The highest BCUT2D eigenvalue weighted by Crippen LogP contribution is 2.44. The van der Waals surface area contributed by atoms with Crippen molar-refractivity contribution in [2.24, 2.45) is 5.92 Å². The van der Waals surface area contributed by atoms with Crippen molar-refractivity contribution in [1.29, 1.82) is 0 Å². The molecule has 0 heterocycles. The van der Waals surface area contributed by atoms with Gasteiger partial charge in [-0.25, -0.2) is 9.59 Å². The normalized spacial score (nSPS) is 20.4. The van der Waals surface area contributed by atoms with E-state index in [2.05, 4.69) is 29.6 Å². The molecular formula is C27H32N2O5. The van der Waals surface area contributed by atoms with E-state index in [1.807, 2.05) is 24.3 Å². The van der Waals surface area contributed by atoms with Gasteiger partial charge in [-0.15, -0.1) is 0 Å². The maximum Gasteiger partial charge on any atom is 0.407 e. The molecule has 2 aromatic carbocycles. The maximum absolute atomic E-state index is 13.1. The second-order valence-electron chi connectivity index (χ2n) is 9.28. The van der Waals surface area contributed by atoms with Gasteiger partial charge in [0.1, 0.15) is 12.6 Å². The van der Waals surface area contributed by atoms with Gasteiger partial charge in [-0.1, -0.05) is 67.8 Å². The summed E-state index contributed by atoms with van der Waals surface area (Å²) < 4.78 is 5.69. The van der Waals surface area contributed by atoms with E-state index in [1.54, 1.807) is 0 Å². The molecule has 2 aromatic rings. The van der Waals surface area contributed by atoms with Crippen molar-refractivity contribution in [1.82, 2.24) is 10.2 Å². The highest BCUT2D eigenvalue weighted by molar-refractivity contribution is 5.85. The Hall–Kier alpha value is -3.35. The summed E-state index contributed by atoms with van der Waals surface area (Å²) >= 11 is 0. The number of hydrogen-bond donors (Lipinski definition) is 2. The molecule has 2 aliphatic rings. The lowest BCUT2D eigenvalue weighted by Gasteiger charge is -2.31. The van der Waals surface area contributed by atoms with Gasteiger partial charge in [0.05, 0.1) is 5.92 Å². The smallest absolute Gasteiger partial charge is 0.407 e. The molecule has 7 heteroatoms. The molecule has 180 valence electrons. The van der Waals surface area contributed by atoms with Crippen LogP contribution < -0.4 is 5.32 Å². The van der Waals surface area contributed by atoms with E-state index in [1.165, 1.54) is 18.9 Å². The minimum absolute atomic E-state index is 0.0349. The van der Waals surface area contributed by atoms with Crippen LogP contribution in [-0.4, -0.2) is 53.7 Å². The largest absolute Gasteiger partial charge is 0.480 e. The molecule has 0 bridgehead atoms. The molecule has 2 N–H and O–H groups in total. The van der Waals surface area contributed by atoms with Crippen molar-refractivity contribution < 1.29 is 24.2 Å². The minimum Gasteiger partial charge on any atom is -0.480 e. The average Bonchev–Trinajstić information content (AvgIpc) is 2.98. The van der Waals surface area contributed by atoms with Crippen LogP contribution in [0.2, 0.25) is 0 Å². The minimum atomic E-state index is -1.05. The number of ether oxygens (including phenoxy) is 1. The molecule has 0 aliphatic heterocycles. The summed E-state index contributed by atoms with van der Waals surface area (Å²) in [5.41, 5.74) is 4.61. The number of carboxylic acids is 1. The molecule has 0 aromatic heterocycles. The number of nitrogens with zero attached hydrogens (tertiary/aromatic N) is 1. The molecule has 4 rings (SSSR count). The zero-order valence-corrected chi connectivity index (χ0v) is 19.7. The summed E-state index contributed by atoms with van der Waals surface area (Å²) in [7, 11) is 1.51. The zero-order chi connectivity index (χ0) is 24.2. The number of alkyl carbamates (subject to hydrolysis) is 1. The second-order valence-corrected chi connectivity index (χ2v) is 9.28. The van der Waals surface area contributed by atoms with E-state index < -0.39 is 24.0 Å². The number of nitrogens with one attached hydrogen (secondary N) is 1. The first-order chi connectivity index (χ1) is 16.4. The Bertz CT molecular complexity index is 1020. The number of benzene rings is 2. The van der Waals surface area contributed by atoms with E-state index >= 15 is 0 Å². The predicted molar refractivity (Wildman–Crippen MR) is 128 cm³/mol. The number of fused-ring (bicyclic) bond motifs is 3. The van der Waals surface area contributed by atoms with Gasteiger partial charge in [-0.2, -0.15) is 0 Å². The molecule has 3 atom stereocenters. The van der Waals surface area contributed by atoms with Gasteiger partial charge in [0.2, 0.25) is 5.91 Å². The summed E-state index contributed by atoms with van der Waals surface area (Å²) in [6.45, 7) is 1.70. The van der Waals surface area contributed by atoms with Crippen molar-refractivity contribution in [2.45, 2.75) is 57.0 Å². The Morgan fingerprint density at radius 1 is 1.00 bits per heavy atom. The van der Waals surface area contributed by atoms with E-state index in [4.69, 9.17) is 4.74 Å². The molecule has 7 nitrogen and oxygen atoms in total. The highest BCUT2D eigenvalue weighted by Gasteiger charge is 2.36. The van der Waals surface area contributed by atoms with Crippen LogP contribution in [0, 0.1) is 5.92 Å². The number of rotatable bonds is 6. The Morgan fingerprint density at radius 2 is 1.59 bits per heavy atom. The Labute approximate surface area is 200 Å². The van der Waals surface area contributed by atoms with E-state index in [-0.39, 0.29) is 24.5 Å². The molecule has 1 saturated carbocycles. The van der Waals surface area contributed by atoms with Crippen LogP contribution in [-0.2, 0) is 14.3 Å². The van der Waals surface area contributed by atoms with Crippen LogP contribution in [0.1, 0.15) is 56.1 Å². The second kappa shape index (κ2) is 10.3. The van der Waals surface area contributed by atoms with Crippen LogP contribution in [0.15, 0.2) is 48.5 Å². The number of carbonyl (C=O) groups excluding carboxylic acids is 2. The molecule has 0 saturated heterocycles. The SMILES string of the molecule is CC(C(=O)O)N(C)C(=O)C1CCCCCC1NC(=O)OCC1c2ccccc2-c2ccccc21. The number of aliphatic carboxylic acids is 1. The van der Waals surface area contributed by atoms with Gasteiger partial charge in [-0.05, 0) is 42.0 Å². The molecular weight excluding hydrogens is 432 g/mol. The van der Waals surface area contributed by atoms with E-state index in [9.17, 15) is 19.5 Å². The monoisotopic (exact) mass is 464 g/mol. The van der Waals surface area contributed by atoms with E-state index in [0.29, 0.717) is 12.8 Å². The highest BCUT2D eigenvalue weighted by atomic mass is 16.5. The fourth-order valence-electron chi connectivity index (χ4n) is 5.19. The van der Waals surface area contributed by atoms with Gasteiger partial charge in [-0.3, -0.25) is 4.79 Å². The summed E-state index contributed by atoms with van der Waals surface area (Å²) in [6.07, 6.45) is 3.48. The quantitative estimate of drug-likeness (QED) is 0.618. The van der Waals surface area contributed by atoms with Crippen molar-refractivity contribution in [3.63, 3.8) is 0 Å². The fourth-order valence-corrected chi connectivity index (χ4v) is 5.19. The third-order valence-corrected chi connectivity index (χ3v) is 7.27. The van der Waals surface area contributed by atoms with Gasteiger partial charge < -0.3 is 20.1 Å². The van der Waals surface area contributed by atoms with Crippen molar-refractivity contribution >= 4 is 18.0 Å². The van der Waals surface area contributed by atoms with Crippen molar-refractivity contribution in [2.75, 3.05) is 13.7 Å². The molecule has 0 radical (unpaired) electrons. The van der Waals surface area contributed by atoms with Crippen molar-refractivity contribution in [3.8, 4) is 11.1 Å². The molecule has 0 spiro atoms. The van der Waals surface area contributed by atoms with Crippen molar-refractivity contribution in [3.05, 3.63) is 59.7 Å². The Morgan fingerprint density at radius 3 is 2.21 bits per heavy atom. The third kappa shape index (κ3) is 4.79. The van der Waals surface area contributed by atoms with E-state index in [0.717, 1.165) is 41.5 Å². The van der Waals surface area contributed by atoms with Gasteiger partial charge in [0.25, 0.3) is 0 Å². The van der Waals surface area contributed by atoms with Crippen LogP contribution in [0.4, 0.5) is 4.79 Å². The summed E-state index contributed by atoms with van der Waals surface area (Å²) in [5.74, 6) is -1.80. The van der Waals surface area contributed by atoms with Crippen LogP contribution >= 0.6 is 0 Å². The zero-order valence-electron chi connectivity index (χ0n) is 19.7. The van der Waals surface area contributed by atoms with Crippen LogP contribution in [0.25, 0.3) is 11.1 Å². The molecule has 2 amide bonds. The number of hydrogen-bond acceptors (Lipinski definition) is 4. The molecule has 3 unspecified atom stereocenters. The summed E-state index contributed by atoms with van der Waals surface area (Å²) in [5, 5.41) is 12.2. The lowest BCUT2D eigenvalue weighted by Crippen LogP contribution is -2.50. The fraction of sp³-hybridized carbons (Fsp3) is 0.444. The first-order valence-electron chi connectivity index (χ1n) is 12.0. The number of carboxylic acid groups (broad SMARTS) is 1. The number of amides is 2. The first kappa shape index (κ1) is 23.8. The van der Waals surface area contributed by atoms with Gasteiger partial charge >= 0.3 is 12.1 Å². The van der Waals surface area contributed by atoms with Gasteiger partial charge in [0.15, 0.2) is 0 Å². The average molecular weight is 465 g/mol. The molecule has 1 fully saturated rings. The third-order valence-electron chi connectivity index (χ3n) is 7.27. The standard InChI is InChI=1S/C27H32N2O5/c1-17(26(31)32)29(2)25(30)22-14-4-3-5-15-24(22)28-27(33)34-16-23-20-12-8-6-10-18(20)19-11-7-9-13-21(19)23/h6-13,17,22-24H,3-5,14-16H2,1-2H3,(H,28,33)(H,31,32). The Kier molecular flexibility index (Phi) is 7.20. The lowest BCUT2D eigenvalue weighted by molar-refractivity contribution is -0.150. The maximum atomic E-state index is 13.1. The number of likely N-dealkylation sites (N-methyl/N-ethyl adjacent to an activating group) is 1. The Balaban J connectivity index is 1.43.